The molecule has 2 aromatic rings. The molecule has 1 heterocycles. The van der Waals surface area contributed by atoms with Gasteiger partial charge in [-0.1, -0.05) is 22.9 Å². The molecule has 0 atom stereocenters. The molecule has 0 radical (unpaired) electrons. The fourth-order valence-corrected chi connectivity index (χ4v) is 2.23. The molecule has 17 heavy (non-hydrogen) atoms. The van der Waals surface area contributed by atoms with E-state index in [0.717, 1.165) is 23.7 Å². The van der Waals surface area contributed by atoms with E-state index in [1.165, 1.54) is 16.8 Å². The molecular formula is C12H11BrF2N2. The topological polar surface area (TPSA) is 17.8 Å². The standard InChI is InChI=1S/C12H11BrF2N2/c1-2-11-8(6-13)7-16-17(11)12-4-3-9(14)5-10(12)15/h3-5,7H,2,6H2,1H3. The molecule has 2 rings (SSSR count). The van der Waals surface area contributed by atoms with E-state index in [1.54, 1.807) is 6.20 Å². The van der Waals surface area contributed by atoms with Crippen LogP contribution in [-0.2, 0) is 11.8 Å². The molecule has 0 amide bonds. The number of alkyl halides is 1. The summed E-state index contributed by atoms with van der Waals surface area (Å²) in [6.07, 6.45) is 2.42. The second-order valence-electron chi connectivity index (χ2n) is 3.61. The lowest BCUT2D eigenvalue weighted by molar-refractivity contribution is 0.571. The molecule has 0 saturated carbocycles. The van der Waals surface area contributed by atoms with Crippen molar-refractivity contribution in [1.29, 1.82) is 0 Å². The molecule has 0 N–H and O–H groups in total. The maximum Gasteiger partial charge on any atom is 0.151 e. The Balaban J connectivity index is 2.56. The zero-order chi connectivity index (χ0) is 12.4. The Morgan fingerprint density at radius 2 is 2.12 bits per heavy atom. The van der Waals surface area contributed by atoms with Crippen LogP contribution in [0.25, 0.3) is 5.69 Å². The number of rotatable bonds is 3. The van der Waals surface area contributed by atoms with Gasteiger partial charge in [0.15, 0.2) is 5.82 Å². The first-order valence-corrected chi connectivity index (χ1v) is 6.36. The number of nitrogens with zero attached hydrogens (tertiary/aromatic N) is 2. The minimum Gasteiger partial charge on any atom is -0.235 e. The van der Waals surface area contributed by atoms with Gasteiger partial charge < -0.3 is 0 Å². The lowest BCUT2D eigenvalue weighted by Gasteiger charge is -2.08. The molecule has 0 bridgehead atoms. The van der Waals surface area contributed by atoms with Crippen LogP contribution in [0.4, 0.5) is 8.78 Å². The number of hydrogen-bond acceptors (Lipinski definition) is 1. The van der Waals surface area contributed by atoms with Crippen LogP contribution in [0.1, 0.15) is 18.2 Å². The summed E-state index contributed by atoms with van der Waals surface area (Å²) in [5.74, 6) is -1.19. The summed E-state index contributed by atoms with van der Waals surface area (Å²) < 4.78 is 28.0. The number of halogens is 3. The summed E-state index contributed by atoms with van der Waals surface area (Å²) in [5.41, 5.74) is 2.21. The highest BCUT2D eigenvalue weighted by Gasteiger charge is 2.13. The van der Waals surface area contributed by atoms with E-state index in [0.29, 0.717) is 5.33 Å². The maximum atomic E-state index is 13.7. The number of hydrogen-bond donors (Lipinski definition) is 0. The molecule has 90 valence electrons. The van der Waals surface area contributed by atoms with Crippen molar-refractivity contribution in [3.63, 3.8) is 0 Å². The molecule has 2 nitrogen and oxygen atoms in total. The zero-order valence-corrected chi connectivity index (χ0v) is 10.8. The normalized spacial score (nSPS) is 10.8. The van der Waals surface area contributed by atoms with E-state index in [9.17, 15) is 8.78 Å². The summed E-state index contributed by atoms with van der Waals surface area (Å²) in [5, 5.41) is 4.81. The van der Waals surface area contributed by atoms with Crippen molar-refractivity contribution < 1.29 is 8.78 Å². The van der Waals surface area contributed by atoms with Crippen molar-refractivity contribution in [2.75, 3.05) is 0 Å². The summed E-state index contributed by atoms with van der Waals surface area (Å²) in [4.78, 5) is 0. The van der Waals surface area contributed by atoms with Gasteiger partial charge >= 0.3 is 0 Å². The van der Waals surface area contributed by atoms with E-state index in [1.807, 2.05) is 6.92 Å². The van der Waals surface area contributed by atoms with Gasteiger partial charge in [0, 0.05) is 22.7 Å². The predicted octanol–water partition coefficient (Wildman–Crippen LogP) is 3.61. The second kappa shape index (κ2) is 4.96. The summed E-state index contributed by atoms with van der Waals surface area (Å²) >= 11 is 3.36. The largest absolute Gasteiger partial charge is 0.235 e. The fraction of sp³-hybridized carbons (Fsp3) is 0.250. The lowest BCUT2D eigenvalue weighted by Crippen LogP contribution is -2.05. The van der Waals surface area contributed by atoms with Crippen LogP contribution < -0.4 is 0 Å². The summed E-state index contributed by atoms with van der Waals surface area (Å²) in [6, 6.07) is 3.49. The molecule has 0 unspecified atom stereocenters. The Hall–Kier alpha value is -1.23. The van der Waals surface area contributed by atoms with E-state index in [2.05, 4.69) is 21.0 Å². The number of benzene rings is 1. The summed E-state index contributed by atoms with van der Waals surface area (Å²) in [7, 11) is 0. The summed E-state index contributed by atoms with van der Waals surface area (Å²) in [6.45, 7) is 1.97. The average Bonchev–Trinajstić information content (AvgIpc) is 2.71. The Morgan fingerprint density at radius 3 is 2.71 bits per heavy atom. The van der Waals surface area contributed by atoms with Crippen LogP contribution in [0.3, 0.4) is 0 Å². The first kappa shape index (κ1) is 12.2. The molecule has 0 aliphatic carbocycles. The molecule has 5 heteroatoms. The van der Waals surface area contributed by atoms with Gasteiger partial charge in [-0.2, -0.15) is 5.10 Å². The van der Waals surface area contributed by atoms with Crippen molar-refractivity contribution in [3.05, 3.63) is 47.3 Å². The molecule has 0 fully saturated rings. The van der Waals surface area contributed by atoms with Crippen LogP contribution in [0.15, 0.2) is 24.4 Å². The third kappa shape index (κ3) is 2.24. The third-order valence-electron chi connectivity index (χ3n) is 2.57. The van der Waals surface area contributed by atoms with Gasteiger partial charge in [-0.05, 0) is 18.6 Å². The third-order valence-corrected chi connectivity index (χ3v) is 3.18. The Morgan fingerprint density at radius 1 is 1.35 bits per heavy atom. The lowest BCUT2D eigenvalue weighted by atomic mass is 10.2. The van der Waals surface area contributed by atoms with Crippen LogP contribution in [0.2, 0.25) is 0 Å². The van der Waals surface area contributed by atoms with Gasteiger partial charge in [0.2, 0.25) is 0 Å². The Kier molecular flexibility index (Phi) is 3.57. The molecule has 0 aliphatic heterocycles. The van der Waals surface area contributed by atoms with E-state index in [-0.39, 0.29) is 5.69 Å². The van der Waals surface area contributed by atoms with E-state index in [4.69, 9.17) is 0 Å². The first-order valence-electron chi connectivity index (χ1n) is 5.24. The Labute approximate surface area is 106 Å². The Bertz CT molecular complexity index is 537. The van der Waals surface area contributed by atoms with Crippen LogP contribution in [0, 0.1) is 11.6 Å². The van der Waals surface area contributed by atoms with Gasteiger partial charge in [-0.15, -0.1) is 0 Å². The average molecular weight is 301 g/mol. The molecule has 0 spiro atoms. The minimum atomic E-state index is -0.607. The van der Waals surface area contributed by atoms with Crippen LogP contribution >= 0.6 is 15.9 Å². The van der Waals surface area contributed by atoms with Gasteiger partial charge in [-0.25, -0.2) is 13.5 Å². The molecule has 1 aromatic heterocycles. The zero-order valence-electron chi connectivity index (χ0n) is 9.25. The van der Waals surface area contributed by atoms with Crippen molar-refractivity contribution in [2.24, 2.45) is 0 Å². The highest BCUT2D eigenvalue weighted by atomic mass is 79.9. The van der Waals surface area contributed by atoms with Crippen LogP contribution in [0.5, 0.6) is 0 Å². The first-order chi connectivity index (χ1) is 8.17. The van der Waals surface area contributed by atoms with Crippen molar-refractivity contribution in [1.82, 2.24) is 9.78 Å². The highest BCUT2D eigenvalue weighted by molar-refractivity contribution is 9.08. The van der Waals surface area contributed by atoms with E-state index >= 15 is 0 Å². The minimum absolute atomic E-state index is 0.274. The SMILES string of the molecule is CCc1c(CBr)cnn1-c1ccc(F)cc1F. The molecule has 0 aliphatic rings. The molecular weight excluding hydrogens is 290 g/mol. The van der Waals surface area contributed by atoms with Gasteiger partial charge in [0.05, 0.1) is 6.20 Å². The predicted molar refractivity (Wildman–Crippen MR) is 65.5 cm³/mol. The van der Waals surface area contributed by atoms with E-state index < -0.39 is 11.6 Å². The second-order valence-corrected chi connectivity index (χ2v) is 4.17. The number of aromatic nitrogens is 2. The van der Waals surface area contributed by atoms with Crippen LogP contribution in [-0.4, -0.2) is 9.78 Å². The maximum absolute atomic E-state index is 13.7. The van der Waals surface area contributed by atoms with Crippen molar-refractivity contribution in [2.45, 2.75) is 18.7 Å². The molecule has 0 saturated heterocycles. The van der Waals surface area contributed by atoms with Crippen molar-refractivity contribution in [3.8, 4) is 5.69 Å². The smallest absolute Gasteiger partial charge is 0.151 e. The molecule has 1 aromatic carbocycles. The van der Waals surface area contributed by atoms with Gasteiger partial charge in [0.1, 0.15) is 11.5 Å². The fourth-order valence-electron chi connectivity index (χ4n) is 1.76. The monoisotopic (exact) mass is 300 g/mol. The van der Waals surface area contributed by atoms with Gasteiger partial charge in [-0.3, -0.25) is 0 Å². The highest BCUT2D eigenvalue weighted by Crippen LogP contribution is 2.20. The van der Waals surface area contributed by atoms with Gasteiger partial charge in [0.25, 0.3) is 0 Å². The van der Waals surface area contributed by atoms with Crippen molar-refractivity contribution >= 4 is 15.9 Å². The quantitative estimate of drug-likeness (QED) is 0.792.